The summed E-state index contributed by atoms with van der Waals surface area (Å²) in [4.78, 5) is 31.9. The fourth-order valence-electron chi connectivity index (χ4n) is 1.22. The highest BCUT2D eigenvalue weighted by Crippen LogP contribution is 2.38. The van der Waals surface area contributed by atoms with Gasteiger partial charge in [0.1, 0.15) is 26.3 Å². The summed E-state index contributed by atoms with van der Waals surface area (Å²) in [5.74, 6) is -1.36. The van der Waals surface area contributed by atoms with Crippen molar-refractivity contribution >= 4 is 21.6 Å². The van der Waals surface area contributed by atoms with Crippen molar-refractivity contribution in [2.75, 3.05) is 81.8 Å². The minimum atomic E-state index is -4.47. The summed E-state index contributed by atoms with van der Waals surface area (Å²) in [5, 5.41) is 8.19. The summed E-state index contributed by atoms with van der Waals surface area (Å²) in [6, 6.07) is 0. The predicted molar refractivity (Wildman–Crippen MR) is 98.1 cm³/mol. The highest BCUT2D eigenvalue weighted by atomic mass is 31.2. The van der Waals surface area contributed by atoms with Gasteiger partial charge >= 0.3 is 5.97 Å². The first-order valence-electron chi connectivity index (χ1n) is 8.42. The second kappa shape index (κ2) is 13.0. The molecule has 0 fully saturated rings. The molecule has 0 saturated carbocycles. The topological polar surface area (TPSA) is 154 Å². The number of quaternary nitrogens is 2. The zero-order valence-electron chi connectivity index (χ0n) is 17.7. The van der Waals surface area contributed by atoms with Crippen LogP contribution in [0, 0.1) is 0 Å². The lowest BCUT2D eigenvalue weighted by atomic mass is 10.5. The first kappa shape index (κ1) is 29.8. The minimum Gasteiger partial charge on any atom is -0.756 e. The van der Waals surface area contributed by atoms with E-state index < -0.39 is 28.2 Å². The Labute approximate surface area is 167 Å². The monoisotopic (exact) mass is 452 g/mol. The number of carbonyl (C=O) groups is 1. The Morgan fingerprint density at radius 1 is 0.821 bits per heavy atom. The lowest BCUT2D eigenvalue weighted by Crippen LogP contribution is -2.37. The Balaban J connectivity index is 0. The molecule has 12 nitrogen and oxygen atoms in total. The van der Waals surface area contributed by atoms with Gasteiger partial charge in [0.15, 0.2) is 6.61 Å². The molecular weight excluding hydrogens is 418 g/mol. The van der Waals surface area contributed by atoms with Crippen molar-refractivity contribution in [1.82, 2.24) is 0 Å². The van der Waals surface area contributed by atoms with Crippen molar-refractivity contribution in [3.8, 4) is 0 Å². The van der Waals surface area contributed by atoms with Gasteiger partial charge in [-0.3, -0.25) is 9.13 Å². The average molecular weight is 452 g/mol. The van der Waals surface area contributed by atoms with Crippen LogP contribution in [0.25, 0.3) is 0 Å². The molecule has 0 amide bonds. The van der Waals surface area contributed by atoms with E-state index in [0.29, 0.717) is 22.1 Å². The highest BCUT2D eigenvalue weighted by Gasteiger charge is 2.14. The Kier molecular flexibility index (Phi) is 13.9. The maximum atomic E-state index is 10.9. The molecular formula is C14H34N2O10P2. The number of carboxylic acid groups (broad SMARTS) is 1. The van der Waals surface area contributed by atoms with E-state index in [2.05, 4.69) is 18.1 Å². The molecule has 28 heavy (non-hydrogen) atoms. The van der Waals surface area contributed by atoms with E-state index in [1.54, 1.807) is 6.92 Å². The van der Waals surface area contributed by atoms with Crippen LogP contribution in [-0.2, 0) is 32.0 Å². The fraction of sp³-hybridized carbons (Fsp3) is 0.929. The molecule has 0 heterocycles. The van der Waals surface area contributed by atoms with Gasteiger partial charge in [-0.25, -0.2) is 4.79 Å². The average Bonchev–Trinajstić information content (AvgIpc) is 2.42. The number of phosphoric acid groups is 2. The third-order valence-corrected chi connectivity index (χ3v) is 4.67. The SMILES string of the molecule is CCOP(=O)([O-])OCC[N+](C)(C)C.C[N+](C)(C)CCOP(=O)([O-])OCC(=O)O. The van der Waals surface area contributed by atoms with Crippen molar-refractivity contribution in [3.05, 3.63) is 0 Å². The summed E-state index contributed by atoms with van der Waals surface area (Å²) in [5.41, 5.74) is 0. The number of aliphatic carboxylic acids is 1. The standard InChI is InChI=1S/C7H16NO6P.C7H18NO4P/c1-8(2,3)4-5-13-15(11,12)14-6-7(9)10;1-5-11-13(9,10)12-7-6-8(2,3)4/h4-6H2,1-3H3,(H-,9,10,11,12);5-7H2,1-4H3. The van der Waals surface area contributed by atoms with E-state index in [0.717, 1.165) is 0 Å². The molecule has 0 saturated heterocycles. The summed E-state index contributed by atoms with van der Waals surface area (Å²) in [6.45, 7) is 2.03. The summed E-state index contributed by atoms with van der Waals surface area (Å²) >= 11 is 0. The number of carboxylic acids is 1. The van der Waals surface area contributed by atoms with Crippen molar-refractivity contribution in [3.63, 3.8) is 0 Å². The third kappa shape index (κ3) is 23.6. The molecule has 0 aromatic carbocycles. The van der Waals surface area contributed by atoms with Gasteiger partial charge in [-0.1, -0.05) is 0 Å². The fourth-order valence-corrected chi connectivity index (χ4v) is 2.56. The van der Waals surface area contributed by atoms with E-state index in [-0.39, 0.29) is 19.8 Å². The maximum Gasteiger partial charge on any atom is 0.330 e. The Hall–Kier alpha value is -0.390. The van der Waals surface area contributed by atoms with Gasteiger partial charge < -0.3 is 42.0 Å². The first-order chi connectivity index (χ1) is 12.4. The first-order valence-corrected chi connectivity index (χ1v) is 11.3. The zero-order chi connectivity index (χ0) is 22.6. The lowest BCUT2D eigenvalue weighted by Gasteiger charge is -2.26. The van der Waals surface area contributed by atoms with Gasteiger partial charge in [0.05, 0.1) is 48.9 Å². The van der Waals surface area contributed by atoms with Crippen molar-refractivity contribution in [2.45, 2.75) is 6.92 Å². The Morgan fingerprint density at radius 3 is 1.46 bits per heavy atom. The van der Waals surface area contributed by atoms with Crippen LogP contribution in [0.5, 0.6) is 0 Å². The van der Waals surface area contributed by atoms with E-state index >= 15 is 0 Å². The molecule has 2 atom stereocenters. The zero-order valence-corrected chi connectivity index (χ0v) is 19.4. The number of hydrogen-bond donors (Lipinski definition) is 1. The van der Waals surface area contributed by atoms with Gasteiger partial charge in [0.25, 0.3) is 15.6 Å². The number of nitrogens with zero attached hydrogens (tertiary/aromatic N) is 2. The lowest BCUT2D eigenvalue weighted by molar-refractivity contribution is -0.870. The van der Waals surface area contributed by atoms with Crippen LogP contribution in [-0.4, -0.2) is 102 Å². The van der Waals surface area contributed by atoms with Crippen LogP contribution in [0.4, 0.5) is 0 Å². The van der Waals surface area contributed by atoms with Crippen LogP contribution >= 0.6 is 15.6 Å². The minimum absolute atomic E-state index is 0.0378. The Morgan fingerprint density at radius 2 is 1.18 bits per heavy atom. The van der Waals surface area contributed by atoms with Crippen molar-refractivity contribution in [1.29, 1.82) is 0 Å². The molecule has 0 aromatic rings. The van der Waals surface area contributed by atoms with Crippen LogP contribution in [0.2, 0.25) is 0 Å². The third-order valence-electron chi connectivity index (χ3n) is 2.66. The van der Waals surface area contributed by atoms with Crippen molar-refractivity contribution in [2.24, 2.45) is 0 Å². The Bertz CT molecular complexity index is 545. The van der Waals surface area contributed by atoms with E-state index in [1.807, 2.05) is 42.3 Å². The molecule has 0 aliphatic carbocycles. The second-order valence-corrected chi connectivity index (χ2v) is 10.5. The largest absolute Gasteiger partial charge is 0.756 e. The predicted octanol–water partition coefficient (Wildman–Crippen LogP) is -0.507. The molecule has 0 rings (SSSR count). The quantitative estimate of drug-likeness (QED) is 0.285. The van der Waals surface area contributed by atoms with Gasteiger partial charge in [-0.15, -0.1) is 0 Å². The number of hydrogen-bond acceptors (Lipinski definition) is 9. The normalized spacial score (nSPS) is 16.5. The van der Waals surface area contributed by atoms with Gasteiger partial charge in [-0.2, -0.15) is 0 Å². The summed E-state index contributed by atoms with van der Waals surface area (Å²) in [6.07, 6.45) is 0. The molecule has 0 bridgehead atoms. The molecule has 0 spiro atoms. The van der Waals surface area contributed by atoms with Gasteiger partial charge in [0, 0.05) is 0 Å². The summed E-state index contributed by atoms with van der Waals surface area (Å²) in [7, 11) is 2.98. The molecule has 14 heteroatoms. The van der Waals surface area contributed by atoms with Gasteiger partial charge in [-0.05, 0) is 6.92 Å². The molecule has 0 aliphatic heterocycles. The molecule has 0 aliphatic rings. The molecule has 1 N–H and O–H groups in total. The molecule has 0 aromatic heterocycles. The summed E-state index contributed by atoms with van der Waals surface area (Å²) < 4.78 is 40.6. The van der Waals surface area contributed by atoms with E-state index in [1.165, 1.54) is 0 Å². The molecule has 0 radical (unpaired) electrons. The maximum absolute atomic E-state index is 10.9. The number of rotatable bonds is 13. The van der Waals surface area contributed by atoms with Gasteiger partial charge in [0.2, 0.25) is 0 Å². The number of phosphoric ester groups is 2. The molecule has 2 unspecified atom stereocenters. The van der Waals surface area contributed by atoms with E-state index in [9.17, 15) is 23.7 Å². The highest BCUT2D eigenvalue weighted by molar-refractivity contribution is 7.46. The van der Waals surface area contributed by atoms with Crippen LogP contribution in [0.1, 0.15) is 6.92 Å². The molecule has 170 valence electrons. The van der Waals surface area contributed by atoms with Crippen LogP contribution in [0.3, 0.4) is 0 Å². The second-order valence-electron chi connectivity index (χ2n) is 7.67. The van der Waals surface area contributed by atoms with E-state index in [4.69, 9.17) is 5.11 Å². The number of likely N-dealkylation sites (N-methyl/N-ethyl adjacent to an activating group) is 2. The van der Waals surface area contributed by atoms with Crippen LogP contribution in [0.15, 0.2) is 0 Å². The van der Waals surface area contributed by atoms with Crippen LogP contribution < -0.4 is 9.79 Å². The van der Waals surface area contributed by atoms with Crippen molar-refractivity contribution < 1.29 is 55.9 Å². The smallest absolute Gasteiger partial charge is 0.330 e.